The minimum atomic E-state index is -0.167. The van der Waals surface area contributed by atoms with Crippen LogP contribution in [0.5, 0.6) is 11.5 Å². The molecule has 1 aliphatic rings. The number of hydrogen-bond acceptors (Lipinski definition) is 3. The van der Waals surface area contributed by atoms with Crippen molar-refractivity contribution >= 4 is 17.5 Å². The summed E-state index contributed by atoms with van der Waals surface area (Å²) in [6.45, 7) is 2.68. The normalized spacial score (nSPS) is 13.0. The van der Waals surface area contributed by atoms with Crippen molar-refractivity contribution in [2.24, 2.45) is 0 Å². The Morgan fingerprint density at radius 2 is 2.33 bits per heavy atom. The molecule has 96 valence electrons. The zero-order valence-electron chi connectivity index (χ0n) is 10.0. The van der Waals surface area contributed by atoms with Crippen molar-refractivity contribution in [3.05, 3.63) is 34.9 Å². The molecule has 1 N–H and O–H groups in total. The molecule has 0 atom stereocenters. The first-order valence-corrected chi connectivity index (χ1v) is 6.08. The highest BCUT2D eigenvalue weighted by Gasteiger charge is 2.20. The molecule has 0 saturated carbocycles. The average Bonchev–Trinajstić information content (AvgIpc) is 2.83. The third kappa shape index (κ3) is 2.76. The van der Waals surface area contributed by atoms with E-state index >= 15 is 0 Å². The lowest BCUT2D eigenvalue weighted by Crippen LogP contribution is -2.24. The SMILES string of the molecule is C/C=C/CCNC(=O)c1cc(Cl)c2c(c1)OCO2. The summed E-state index contributed by atoms with van der Waals surface area (Å²) in [5.41, 5.74) is 0.477. The topological polar surface area (TPSA) is 47.6 Å². The molecule has 5 heteroatoms. The van der Waals surface area contributed by atoms with Gasteiger partial charge in [0, 0.05) is 12.1 Å². The van der Waals surface area contributed by atoms with E-state index < -0.39 is 0 Å². The fraction of sp³-hybridized carbons (Fsp3) is 0.308. The van der Waals surface area contributed by atoms with Crippen molar-refractivity contribution in [2.75, 3.05) is 13.3 Å². The van der Waals surface area contributed by atoms with E-state index in [9.17, 15) is 4.79 Å². The average molecular weight is 268 g/mol. The third-order valence-electron chi connectivity index (χ3n) is 2.52. The van der Waals surface area contributed by atoms with Gasteiger partial charge in [0.05, 0.1) is 5.02 Å². The molecule has 0 aliphatic carbocycles. The molecule has 0 unspecified atom stereocenters. The van der Waals surface area contributed by atoms with Gasteiger partial charge in [-0.1, -0.05) is 23.8 Å². The standard InChI is InChI=1S/C13H14ClNO3/c1-2-3-4-5-15-13(16)9-6-10(14)12-11(7-9)17-8-18-12/h2-3,6-7H,4-5,8H2,1H3,(H,15,16)/b3-2+. The van der Waals surface area contributed by atoms with E-state index in [1.54, 1.807) is 12.1 Å². The Morgan fingerprint density at radius 3 is 3.11 bits per heavy atom. The summed E-state index contributed by atoms with van der Waals surface area (Å²) in [5, 5.41) is 3.20. The van der Waals surface area contributed by atoms with Crippen molar-refractivity contribution in [3.63, 3.8) is 0 Å². The van der Waals surface area contributed by atoms with Gasteiger partial charge < -0.3 is 14.8 Å². The van der Waals surface area contributed by atoms with Gasteiger partial charge in [0.15, 0.2) is 11.5 Å². The van der Waals surface area contributed by atoms with Crippen LogP contribution in [0.25, 0.3) is 0 Å². The predicted octanol–water partition coefficient (Wildman–Crippen LogP) is 2.76. The van der Waals surface area contributed by atoms with Gasteiger partial charge >= 0.3 is 0 Å². The van der Waals surface area contributed by atoms with Crippen LogP contribution in [0, 0.1) is 0 Å². The Morgan fingerprint density at radius 1 is 1.50 bits per heavy atom. The summed E-state index contributed by atoms with van der Waals surface area (Å²) in [5.74, 6) is 0.850. The van der Waals surface area contributed by atoms with Gasteiger partial charge in [0.1, 0.15) is 0 Å². The van der Waals surface area contributed by atoms with E-state index in [-0.39, 0.29) is 12.7 Å². The van der Waals surface area contributed by atoms with Crippen molar-refractivity contribution in [1.82, 2.24) is 5.32 Å². The smallest absolute Gasteiger partial charge is 0.251 e. The maximum Gasteiger partial charge on any atom is 0.251 e. The van der Waals surface area contributed by atoms with E-state index in [2.05, 4.69) is 5.32 Å². The number of carbonyl (C=O) groups is 1. The molecule has 4 nitrogen and oxygen atoms in total. The number of benzene rings is 1. The molecule has 1 aliphatic heterocycles. The number of halogens is 1. The summed E-state index contributed by atoms with van der Waals surface area (Å²) in [6.07, 6.45) is 4.75. The molecule has 0 radical (unpaired) electrons. The van der Waals surface area contributed by atoms with Crippen molar-refractivity contribution in [1.29, 1.82) is 0 Å². The van der Waals surface area contributed by atoms with Gasteiger partial charge in [-0.05, 0) is 25.5 Å². The molecular formula is C13H14ClNO3. The molecule has 0 aromatic heterocycles. The summed E-state index contributed by atoms with van der Waals surface area (Å²) < 4.78 is 10.4. The number of nitrogens with one attached hydrogen (secondary N) is 1. The number of allylic oxidation sites excluding steroid dienone is 1. The largest absolute Gasteiger partial charge is 0.454 e. The monoisotopic (exact) mass is 267 g/mol. The number of hydrogen-bond donors (Lipinski definition) is 1. The summed E-state index contributed by atoms with van der Waals surface area (Å²) in [7, 11) is 0. The first-order valence-electron chi connectivity index (χ1n) is 5.71. The quantitative estimate of drug-likeness (QED) is 0.674. The third-order valence-corrected chi connectivity index (χ3v) is 2.80. The Balaban J connectivity index is 2.05. The second-order valence-electron chi connectivity index (χ2n) is 3.81. The van der Waals surface area contributed by atoms with E-state index in [1.165, 1.54) is 0 Å². The molecule has 0 bridgehead atoms. The Labute approximate surface area is 111 Å². The lowest BCUT2D eigenvalue weighted by atomic mass is 10.2. The van der Waals surface area contributed by atoms with E-state index in [0.29, 0.717) is 28.6 Å². The molecule has 1 aromatic carbocycles. The Hall–Kier alpha value is -1.68. The molecule has 2 rings (SSSR count). The number of carbonyl (C=O) groups excluding carboxylic acids is 1. The van der Waals surface area contributed by atoms with Gasteiger partial charge in [-0.3, -0.25) is 4.79 Å². The zero-order chi connectivity index (χ0) is 13.0. The van der Waals surface area contributed by atoms with Crippen LogP contribution in [0.1, 0.15) is 23.7 Å². The fourth-order valence-corrected chi connectivity index (χ4v) is 1.90. The van der Waals surface area contributed by atoms with Crippen LogP contribution in [0.3, 0.4) is 0 Å². The molecule has 1 aromatic rings. The van der Waals surface area contributed by atoms with Crippen LogP contribution in [0.2, 0.25) is 5.02 Å². The number of ether oxygens (including phenoxy) is 2. The van der Waals surface area contributed by atoms with Gasteiger partial charge in [-0.2, -0.15) is 0 Å². The van der Waals surface area contributed by atoms with Gasteiger partial charge in [0.25, 0.3) is 5.91 Å². The molecule has 1 amide bonds. The molecular weight excluding hydrogens is 254 g/mol. The minimum Gasteiger partial charge on any atom is -0.454 e. The van der Waals surface area contributed by atoms with E-state index in [4.69, 9.17) is 21.1 Å². The van der Waals surface area contributed by atoms with Crippen LogP contribution in [-0.4, -0.2) is 19.2 Å². The molecule has 0 spiro atoms. The molecule has 0 saturated heterocycles. The van der Waals surface area contributed by atoms with Crippen LogP contribution in [0.15, 0.2) is 24.3 Å². The van der Waals surface area contributed by atoms with Crippen molar-refractivity contribution in [2.45, 2.75) is 13.3 Å². The maximum absolute atomic E-state index is 11.9. The van der Waals surface area contributed by atoms with E-state index in [0.717, 1.165) is 6.42 Å². The van der Waals surface area contributed by atoms with Crippen LogP contribution in [0.4, 0.5) is 0 Å². The Bertz CT molecular complexity index is 485. The molecule has 18 heavy (non-hydrogen) atoms. The number of rotatable bonds is 4. The summed E-state index contributed by atoms with van der Waals surface area (Å²) >= 11 is 6.01. The lowest BCUT2D eigenvalue weighted by molar-refractivity contribution is 0.0954. The predicted molar refractivity (Wildman–Crippen MR) is 69.3 cm³/mol. The van der Waals surface area contributed by atoms with Gasteiger partial charge in [-0.25, -0.2) is 0 Å². The maximum atomic E-state index is 11.9. The number of amides is 1. The second kappa shape index (κ2) is 5.78. The van der Waals surface area contributed by atoms with Crippen molar-refractivity contribution < 1.29 is 14.3 Å². The first kappa shape index (κ1) is 12.8. The molecule has 1 heterocycles. The van der Waals surface area contributed by atoms with Crippen LogP contribution >= 0.6 is 11.6 Å². The van der Waals surface area contributed by atoms with Crippen LogP contribution < -0.4 is 14.8 Å². The summed E-state index contributed by atoms with van der Waals surface area (Å²) in [4.78, 5) is 11.9. The fourth-order valence-electron chi connectivity index (χ4n) is 1.64. The van der Waals surface area contributed by atoms with Crippen molar-refractivity contribution in [3.8, 4) is 11.5 Å². The Kier molecular flexibility index (Phi) is 4.10. The molecule has 0 fully saturated rings. The second-order valence-corrected chi connectivity index (χ2v) is 4.21. The first-order chi connectivity index (χ1) is 8.72. The number of fused-ring (bicyclic) bond motifs is 1. The summed E-state index contributed by atoms with van der Waals surface area (Å²) in [6, 6.07) is 3.22. The minimum absolute atomic E-state index is 0.140. The lowest BCUT2D eigenvalue weighted by Gasteiger charge is -2.06. The highest BCUT2D eigenvalue weighted by molar-refractivity contribution is 6.32. The zero-order valence-corrected chi connectivity index (χ0v) is 10.8. The van der Waals surface area contributed by atoms with Crippen LogP contribution in [-0.2, 0) is 0 Å². The highest BCUT2D eigenvalue weighted by atomic mass is 35.5. The highest BCUT2D eigenvalue weighted by Crippen LogP contribution is 2.39. The van der Waals surface area contributed by atoms with Gasteiger partial charge in [0.2, 0.25) is 6.79 Å². The van der Waals surface area contributed by atoms with E-state index in [1.807, 2.05) is 19.1 Å². The van der Waals surface area contributed by atoms with Gasteiger partial charge in [-0.15, -0.1) is 0 Å².